The Balaban J connectivity index is 2.24. The lowest BCUT2D eigenvalue weighted by Gasteiger charge is -2.08. The molecule has 3 aromatic rings. The summed E-state index contributed by atoms with van der Waals surface area (Å²) in [7, 11) is 0. The largest absolute Gasteiger partial charge is 0.213 e. The molecule has 0 bridgehead atoms. The van der Waals surface area contributed by atoms with Crippen LogP contribution >= 0.6 is 11.6 Å². The van der Waals surface area contributed by atoms with Gasteiger partial charge in [0, 0.05) is 0 Å². The normalized spacial score (nSPS) is 10.8. The molecule has 0 aliphatic carbocycles. The Morgan fingerprint density at radius 2 is 1.75 bits per heavy atom. The summed E-state index contributed by atoms with van der Waals surface area (Å²) in [5.74, 6) is -1.54. The first-order valence-electron chi connectivity index (χ1n) is 5.78. The highest BCUT2D eigenvalue weighted by molar-refractivity contribution is 6.31. The van der Waals surface area contributed by atoms with E-state index >= 15 is 0 Å². The van der Waals surface area contributed by atoms with Gasteiger partial charge in [-0.1, -0.05) is 35.0 Å². The monoisotopic (exact) mass is 291 g/mol. The SMILES string of the molecule is Fc1ccc(Cl)c(F)c1-c1cnnn1-c1ccccc1. The summed E-state index contributed by atoms with van der Waals surface area (Å²) in [5.41, 5.74) is 0.610. The molecule has 1 heterocycles. The van der Waals surface area contributed by atoms with E-state index < -0.39 is 11.6 Å². The lowest BCUT2D eigenvalue weighted by Crippen LogP contribution is -2.02. The summed E-state index contributed by atoms with van der Waals surface area (Å²) in [6.07, 6.45) is 1.30. The van der Waals surface area contributed by atoms with Crippen LogP contribution in [-0.4, -0.2) is 15.0 Å². The average Bonchev–Trinajstić information content (AvgIpc) is 2.94. The van der Waals surface area contributed by atoms with Gasteiger partial charge in [-0.2, -0.15) is 0 Å². The van der Waals surface area contributed by atoms with E-state index in [9.17, 15) is 8.78 Å². The maximum absolute atomic E-state index is 14.1. The van der Waals surface area contributed by atoms with Crippen LogP contribution in [0.3, 0.4) is 0 Å². The minimum absolute atomic E-state index is 0.151. The number of nitrogens with zero attached hydrogens (tertiary/aromatic N) is 3. The van der Waals surface area contributed by atoms with Crippen molar-refractivity contribution in [3.8, 4) is 16.9 Å². The predicted octanol–water partition coefficient (Wildman–Crippen LogP) is 3.87. The molecule has 0 spiro atoms. The standard InChI is InChI=1S/C14H8ClF2N3/c15-10-6-7-11(16)13(14(10)17)12-8-18-19-20(12)9-4-2-1-3-5-9/h1-8H. The van der Waals surface area contributed by atoms with Gasteiger partial charge in [0.2, 0.25) is 0 Å². The van der Waals surface area contributed by atoms with Crippen LogP contribution in [0.15, 0.2) is 48.7 Å². The van der Waals surface area contributed by atoms with Gasteiger partial charge in [-0.15, -0.1) is 5.10 Å². The molecule has 6 heteroatoms. The number of benzene rings is 2. The number of halogens is 3. The Bertz CT molecular complexity index is 756. The van der Waals surface area contributed by atoms with Crippen LogP contribution in [-0.2, 0) is 0 Å². The molecule has 0 saturated heterocycles. The number of hydrogen-bond acceptors (Lipinski definition) is 2. The lowest BCUT2D eigenvalue weighted by molar-refractivity contribution is 0.587. The summed E-state index contributed by atoms with van der Waals surface area (Å²) < 4.78 is 29.4. The summed E-state index contributed by atoms with van der Waals surface area (Å²) in [4.78, 5) is 0. The highest BCUT2D eigenvalue weighted by Gasteiger charge is 2.19. The molecule has 100 valence electrons. The number of rotatable bonds is 2. The molecule has 0 amide bonds. The zero-order valence-corrected chi connectivity index (χ0v) is 10.9. The summed E-state index contributed by atoms with van der Waals surface area (Å²) in [6.45, 7) is 0. The molecule has 0 unspecified atom stereocenters. The Morgan fingerprint density at radius 1 is 1.00 bits per heavy atom. The fourth-order valence-corrected chi connectivity index (χ4v) is 2.08. The minimum atomic E-state index is -0.828. The van der Waals surface area contributed by atoms with E-state index in [1.165, 1.54) is 16.9 Å². The van der Waals surface area contributed by atoms with Crippen molar-refractivity contribution in [3.63, 3.8) is 0 Å². The third kappa shape index (κ3) is 2.06. The molecule has 0 N–H and O–H groups in total. The van der Waals surface area contributed by atoms with E-state index in [1.807, 2.05) is 6.07 Å². The molecule has 3 nitrogen and oxygen atoms in total. The van der Waals surface area contributed by atoms with Crippen LogP contribution in [0.5, 0.6) is 0 Å². The molecular formula is C14H8ClF2N3. The van der Waals surface area contributed by atoms with Crippen LogP contribution in [0.4, 0.5) is 8.78 Å². The molecule has 0 aliphatic heterocycles. The van der Waals surface area contributed by atoms with Gasteiger partial charge in [-0.05, 0) is 24.3 Å². The van der Waals surface area contributed by atoms with Crippen molar-refractivity contribution in [2.45, 2.75) is 0 Å². The first-order chi connectivity index (χ1) is 9.68. The Hall–Kier alpha value is -2.27. The molecule has 2 aromatic carbocycles. The second-order valence-electron chi connectivity index (χ2n) is 4.08. The topological polar surface area (TPSA) is 30.7 Å². The van der Waals surface area contributed by atoms with E-state index in [0.29, 0.717) is 5.69 Å². The summed E-state index contributed by atoms with van der Waals surface area (Å²) in [6, 6.07) is 11.2. The van der Waals surface area contributed by atoms with Crippen molar-refractivity contribution in [1.29, 1.82) is 0 Å². The van der Waals surface area contributed by atoms with E-state index in [-0.39, 0.29) is 16.3 Å². The number of para-hydroxylation sites is 1. The quantitative estimate of drug-likeness (QED) is 0.671. The first-order valence-corrected chi connectivity index (χ1v) is 6.16. The van der Waals surface area contributed by atoms with E-state index in [1.54, 1.807) is 24.3 Å². The Morgan fingerprint density at radius 3 is 2.50 bits per heavy atom. The Kier molecular flexibility index (Phi) is 3.20. The maximum atomic E-state index is 14.1. The predicted molar refractivity (Wildman–Crippen MR) is 71.7 cm³/mol. The molecule has 0 atom stereocenters. The van der Waals surface area contributed by atoms with Gasteiger partial charge >= 0.3 is 0 Å². The summed E-state index contributed by atoms with van der Waals surface area (Å²) in [5, 5.41) is 7.44. The van der Waals surface area contributed by atoms with Crippen molar-refractivity contribution in [2.75, 3.05) is 0 Å². The highest BCUT2D eigenvalue weighted by Crippen LogP contribution is 2.30. The number of hydrogen-bond donors (Lipinski definition) is 0. The minimum Gasteiger partial charge on any atom is -0.213 e. The van der Waals surface area contributed by atoms with Gasteiger partial charge in [0.25, 0.3) is 0 Å². The molecule has 0 fully saturated rings. The van der Waals surface area contributed by atoms with Crippen molar-refractivity contribution in [3.05, 3.63) is 65.3 Å². The van der Waals surface area contributed by atoms with Crippen LogP contribution in [0, 0.1) is 11.6 Å². The summed E-state index contributed by atoms with van der Waals surface area (Å²) >= 11 is 5.71. The first kappa shape index (κ1) is 12.7. The van der Waals surface area contributed by atoms with Crippen LogP contribution in [0.25, 0.3) is 16.9 Å². The Labute approximate surface area is 118 Å². The van der Waals surface area contributed by atoms with Gasteiger partial charge in [0.1, 0.15) is 11.5 Å². The maximum Gasteiger partial charge on any atom is 0.154 e. The molecule has 3 rings (SSSR count). The third-order valence-corrected chi connectivity index (χ3v) is 3.14. The highest BCUT2D eigenvalue weighted by atomic mass is 35.5. The molecule has 1 aromatic heterocycles. The zero-order chi connectivity index (χ0) is 14.1. The molecule has 0 radical (unpaired) electrons. The smallest absolute Gasteiger partial charge is 0.154 e. The van der Waals surface area contributed by atoms with Gasteiger partial charge < -0.3 is 0 Å². The van der Waals surface area contributed by atoms with Gasteiger partial charge in [-0.25, -0.2) is 13.5 Å². The fourth-order valence-electron chi connectivity index (χ4n) is 1.93. The van der Waals surface area contributed by atoms with Crippen LogP contribution < -0.4 is 0 Å². The second kappa shape index (κ2) is 5.02. The fraction of sp³-hybridized carbons (Fsp3) is 0. The van der Waals surface area contributed by atoms with E-state index in [4.69, 9.17) is 11.6 Å². The second-order valence-corrected chi connectivity index (χ2v) is 4.49. The van der Waals surface area contributed by atoms with Gasteiger partial charge in [0.15, 0.2) is 5.82 Å². The third-order valence-electron chi connectivity index (χ3n) is 2.85. The molecular weight excluding hydrogens is 284 g/mol. The lowest BCUT2D eigenvalue weighted by atomic mass is 10.1. The zero-order valence-electron chi connectivity index (χ0n) is 10.1. The van der Waals surface area contributed by atoms with Crippen molar-refractivity contribution >= 4 is 11.6 Å². The van der Waals surface area contributed by atoms with Crippen LogP contribution in [0.1, 0.15) is 0 Å². The van der Waals surface area contributed by atoms with Crippen LogP contribution in [0.2, 0.25) is 5.02 Å². The van der Waals surface area contributed by atoms with E-state index in [0.717, 1.165) is 6.07 Å². The number of aromatic nitrogens is 3. The molecule has 0 aliphatic rings. The van der Waals surface area contributed by atoms with Gasteiger partial charge in [-0.3, -0.25) is 0 Å². The van der Waals surface area contributed by atoms with Crippen molar-refractivity contribution < 1.29 is 8.78 Å². The van der Waals surface area contributed by atoms with Gasteiger partial charge in [0.05, 0.1) is 22.5 Å². The van der Waals surface area contributed by atoms with Crippen molar-refractivity contribution in [2.24, 2.45) is 0 Å². The molecule has 0 saturated carbocycles. The van der Waals surface area contributed by atoms with E-state index in [2.05, 4.69) is 10.3 Å². The van der Waals surface area contributed by atoms with Crippen molar-refractivity contribution in [1.82, 2.24) is 15.0 Å². The average molecular weight is 292 g/mol. The molecule has 20 heavy (non-hydrogen) atoms.